The number of hydrogen-bond donors (Lipinski definition) is 0. The number of ether oxygens (including phenoxy) is 2. The van der Waals surface area contributed by atoms with Crippen LogP contribution in [0.15, 0.2) is 30.3 Å². The summed E-state index contributed by atoms with van der Waals surface area (Å²) in [6.45, 7) is 2.30. The van der Waals surface area contributed by atoms with Crippen LogP contribution in [0.5, 0.6) is 11.5 Å². The van der Waals surface area contributed by atoms with Gasteiger partial charge in [-0.15, -0.1) is 0 Å². The molecule has 0 unspecified atom stereocenters. The van der Waals surface area contributed by atoms with E-state index in [2.05, 4.69) is 4.98 Å². The van der Waals surface area contributed by atoms with Gasteiger partial charge in [-0.2, -0.15) is 0 Å². The molecule has 2 rings (SSSR count). The Labute approximate surface area is 122 Å². The van der Waals surface area contributed by atoms with Gasteiger partial charge in [0.25, 0.3) is 0 Å². The van der Waals surface area contributed by atoms with Gasteiger partial charge in [0.1, 0.15) is 16.9 Å². The lowest BCUT2D eigenvalue weighted by molar-refractivity contribution is 0.284. The maximum atomic E-state index is 5.99. The van der Waals surface area contributed by atoms with Crippen molar-refractivity contribution >= 4 is 23.2 Å². The number of halogens is 2. The fourth-order valence-electron chi connectivity index (χ4n) is 1.60. The summed E-state index contributed by atoms with van der Waals surface area (Å²) in [5.41, 5.74) is 1.88. The van der Waals surface area contributed by atoms with Crippen LogP contribution in [0.25, 0.3) is 0 Å². The molecule has 0 radical (unpaired) electrons. The molecule has 100 valence electrons. The first-order valence-corrected chi connectivity index (χ1v) is 6.44. The Bertz CT molecular complexity index is 588. The lowest BCUT2D eigenvalue weighted by Gasteiger charge is -2.11. The first-order valence-electron chi connectivity index (χ1n) is 5.68. The van der Waals surface area contributed by atoms with E-state index in [4.69, 9.17) is 32.7 Å². The van der Waals surface area contributed by atoms with Gasteiger partial charge in [0.05, 0.1) is 7.11 Å². The lowest BCUT2D eigenvalue weighted by atomic mass is 10.2. The minimum atomic E-state index is 0.308. The average Bonchev–Trinajstić information content (AvgIpc) is 2.39. The van der Waals surface area contributed by atoms with E-state index in [9.17, 15) is 0 Å². The van der Waals surface area contributed by atoms with Crippen molar-refractivity contribution in [3.05, 3.63) is 51.8 Å². The van der Waals surface area contributed by atoms with Crippen molar-refractivity contribution in [3.8, 4) is 11.5 Å². The van der Waals surface area contributed by atoms with Crippen LogP contribution in [0, 0.1) is 6.92 Å². The maximum absolute atomic E-state index is 5.99. The summed E-state index contributed by atoms with van der Waals surface area (Å²) in [5.74, 6) is 1.36. The number of pyridine rings is 1. The van der Waals surface area contributed by atoms with Crippen molar-refractivity contribution < 1.29 is 9.47 Å². The summed E-state index contributed by atoms with van der Waals surface area (Å²) in [7, 11) is 1.61. The van der Waals surface area contributed by atoms with Crippen LogP contribution < -0.4 is 9.47 Å². The highest BCUT2D eigenvalue weighted by molar-refractivity contribution is 6.32. The van der Waals surface area contributed by atoms with Crippen LogP contribution in [0.2, 0.25) is 10.3 Å². The lowest BCUT2D eigenvalue weighted by Crippen LogP contribution is -1.99. The number of aromatic nitrogens is 1. The third kappa shape index (κ3) is 3.52. The predicted molar refractivity (Wildman–Crippen MR) is 76.3 cm³/mol. The second kappa shape index (κ2) is 6.13. The fraction of sp³-hybridized carbons (Fsp3) is 0.214. The van der Waals surface area contributed by atoms with E-state index in [0.29, 0.717) is 28.4 Å². The molecule has 5 heteroatoms. The smallest absolute Gasteiger partial charge is 0.161 e. The third-order valence-corrected chi connectivity index (χ3v) is 3.13. The van der Waals surface area contributed by atoms with E-state index in [1.54, 1.807) is 19.2 Å². The highest BCUT2D eigenvalue weighted by atomic mass is 35.5. The number of rotatable bonds is 4. The maximum Gasteiger partial charge on any atom is 0.161 e. The molecule has 0 aliphatic heterocycles. The number of methoxy groups -OCH3 is 1. The molecule has 0 aliphatic rings. The largest absolute Gasteiger partial charge is 0.493 e. The zero-order chi connectivity index (χ0) is 13.8. The van der Waals surface area contributed by atoms with E-state index in [1.807, 2.05) is 25.1 Å². The molecule has 0 N–H and O–H groups in total. The third-order valence-electron chi connectivity index (χ3n) is 2.59. The van der Waals surface area contributed by atoms with Crippen LogP contribution in [0.3, 0.4) is 0 Å². The number of hydrogen-bond acceptors (Lipinski definition) is 3. The zero-order valence-electron chi connectivity index (χ0n) is 10.6. The average molecular weight is 298 g/mol. The second-order valence-corrected chi connectivity index (χ2v) is 4.77. The minimum Gasteiger partial charge on any atom is -0.493 e. The standard InChI is InChI=1S/C14H13Cl2NO2/c1-9-3-5-11(12(7-9)18-2)19-8-10-4-6-13(15)17-14(10)16/h3-7H,8H2,1-2H3. The molecule has 0 saturated carbocycles. The van der Waals surface area contributed by atoms with Gasteiger partial charge in [-0.1, -0.05) is 29.3 Å². The Morgan fingerprint density at radius 2 is 1.89 bits per heavy atom. The molecule has 2 aromatic rings. The van der Waals surface area contributed by atoms with Crippen molar-refractivity contribution in [1.29, 1.82) is 0 Å². The molecular formula is C14H13Cl2NO2. The van der Waals surface area contributed by atoms with Crippen LogP contribution in [0.4, 0.5) is 0 Å². The van der Waals surface area contributed by atoms with Crippen molar-refractivity contribution in [2.45, 2.75) is 13.5 Å². The van der Waals surface area contributed by atoms with E-state index in [1.165, 1.54) is 0 Å². The topological polar surface area (TPSA) is 31.4 Å². The van der Waals surface area contributed by atoms with Crippen molar-refractivity contribution in [2.24, 2.45) is 0 Å². The molecule has 3 nitrogen and oxygen atoms in total. The van der Waals surface area contributed by atoms with E-state index in [-0.39, 0.29) is 0 Å². The number of nitrogens with zero attached hydrogens (tertiary/aromatic N) is 1. The molecule has 1 aromatic heterocycles. The SMILES string of the molecule is COc1cc(C)ccc1OCc1ccc(Cl)nc1Cl. The molecule has 0 atom stereocenters. The normalized spacial score (nSPS) is 10.3. The molecule has 0 amide bonds. The minimum absolute atomic E-state index is 0.308. The summed E-state index contributed by atoms with van der Waals surface area (Å²) in [4.78, 5) is 3.96. The van der Waals surface area contributed by atoms with E-state index in [0.717, 1.165) is 11.1 Å². The molecule has 1 aromatic carbocycles. The van der Waals surface area contributed by atoms with Crippen LogP contribution in [0.1, 0.15) is 11.1 Å². The van der Waals surface area contributed by atoms with Crippen LogP contribution in [-0.2, 0) is 6.61 Å². The van der Waals surface area contributed by atoms with E-state index >= 15 is 0 Å². The van der Waals surface area contributed by atoms with Gasteiger partial charge in [-0.05, 0) is 36.8 Å². The molecule has 0 spiro atoms. The van der Waals surface area contributed by atoms with Crippen molar-refractivity contribution in [2.75, 3.05) is 7.11 Å². The van der Waals surface area contributed by atoms with Gasteiger partial charge in [-0.3, -0.25) is 0 Å². The Kier molecular flexibility index (Phi) is 4.51. The molecule has 0 saturated heterocycles. The summed E-state index contributed by atoms with van der Waals surface area (Å²) in [5, 5.41) is 0.709. The quantitative estimate of drug-likeness (QED) is 0.789. The van der Waals surface area contributed by atoms with Gasteiger partial charge >= 0.3 is 0 Å². The van der Waals surface area contributed by atoms with Gasteiger partial charge in [-0.25, -0.2) is 4.98 Å². The number of benzene rings is 1. The molecule has 19 heavy (non-hydrogen) atoms. The fourth-order valence-corrected chi connectivity index (χ4v) is 2.00. The summed E-state index contributed by atoms with van der Waals surface area (Å²) in [6, 6.07) is 9.21. The molecular weight excluding hydrogens is 285 g/mol. The first kappa shape index (κ1) is 14.0. The second-order valence-electron chi connectivity index (χ2n) is 4.03. The Morgan fingerprint density at radius 3 is 2.58 bits per heavy atom. The first-order chi connectivity index (χ1) is 9.10. The van der Waals surface area contributed by atoms with Crippen molar-refractivity contribution in [1.82, 2.24) is 4.98 Å². The highest BCUT2D eigenvalue weighted by Gasteiger charge is 2.07. The van der Waals surface area contributed by atoms with Gasteiger partial charge in [0.15, 0.2) is 11.5 Å². The van der Waals surface area contributed by atoms with Gasteiger partial charge in [0, 0.05) is 5.56 Å². The van der Waals surface area contributed by atoms with Crippen molar-refractivity contribution in [3.63, 3.8) is 0 Å². The summed E-state index contributed by atoms with van der Waals surface area (Å²) in [6.07, 6.45) is 0. The zero-order valence-corrected chi connectivity index (χ0v) is 12.1. The molecule has 0 bridgehead atoms. The predicted octanol–water partition coefficient (Wildman–Crippen LogP) is 4.28. The van der Waals surface area contributed by atoms with E-state index < -0.39 is 0 Å². The Hall–Kier alpha value is -1.45. The molecule has 0 aliphatic carbocycles. The van der Waals surface area contributed by atoms with Crippen LogP contribution in [-0.4, -0.2) is 12.1 Å². The Balaban J connectivity index is 2.14. The summed E-state index contributed by atoms with van der Waals surface area (Å²) >= 11 is 11.7. The highest BCUT2D eigenvalue weighted by Crippen LogP contribution is 2.29. The van der Waals surface area contributed by atoms with Gasteiger partial charge < -0.3 is 9.47 Å². The molecule has 1 heterocycles. The van der Waals surface area contributed by atoms with Gasteiger partial charge in [0.2, 0.25) is 0 Å². The summed E-state index contributed by atoms with van der Waals surface area (Å²) < 4.78 is 11.0. The monoisotopic (exact) mass is 297 g/mol. The number of aryl methyl sites for hydroxylation is 1. The molecule has 0 fully saturated rings. The van der Waals surface area contributed by atoms with Crippen LogP contribution >= 0.6 is 23.2 Å². The Morgan fingerprint density at radius 1 is 1.11 bits per heavy atom.